The Bertz CT molecular complexity index is 240. The van der Waals surface area contributed by atoms with E-state index in [0.29, 0.717) is 5.41 Å². The average molecular weight is 268 g/mol. The maximum atomic E-state index is 5.76. The molecule has 0 aromatic rings. The fourth-order valence-electron chi connectivity index (χ4n) is 4.05. The third-order valence-electron chi connectivity index (χ3n) is 4.86. The van der Waals surface area contributed by atoms with Gasteiger partial charge in [0.2, 0.25) is 0 Å². The third kappa shape index (κ3) is 4.73. The highest BCUT2D eigenvalue weighted by molar-refractivity contribution is 4.87. The van der Waals surface area contributed by atoms with Crippen molar-refractivity contribution in [2.45, 2.75) is 44.9 Å². The van der Waals surface area contributed by atoms with Crippen LogP contribution in [-0.4, -0.2) is 51.8 Å². The molecule has 3 nitrogen and oxygen atoms in total. The first-order valence-corrected chi connectivity index (χ1v) is 8.15. The first-order chi connectivity index (χ1) is 9.24. The molecule has 1 saturated heterocycles. The Labute approximate surface area is 119 Å². The summed E-state index contributed by atoms with van der Waals surface area (Å²) in [5.41, 5.74) is 0.344. The van der Waals surface area contributed by atoms with E-state index >= 15 is 0 Å². The minimum Gasteiger partial charge on any atom is -0.381 e. The molecule has 1 aliphatic heterocycles. The van der Waals surface area contributed by atoms with Crippen LogP contribution in [0.3, 0.4) is 0 Å². The fraction of sp³-hybridized carbons (Fsp3) is 1.00. The van der Waals surface area contributed by atoms with Gasteiger partial charge in [0.05, 0.1) is 6.61 Å². The molecule has 1 atom stereocenters. The van der Waals surface area contributed by atoms with Gasteiger partial charge in [-0.05, 0) is 45.7 Å². The van der Waals surface area contributed by atoms with Crippen molar-refractivity contribution in [1.29, 1.82) is 0 Å². The Balaban J connectivity index is 1.81. The molecular weight excluding hydrogens is 236 g/mol. The molecule has 2 rings (SSSR count). The maximum Gasteiger partial charge on any atom is 0.0546 e. The van der Waals surface area contributed by atoms with Gasteiger partial charge in [-0.2, -0.15) is 0 Å². The van der Waals surface area contributed by atoms with Crippen LogP contribution in [0.5, 0.6) is 0 Å². The van der Waals surface area contributed by atoms with Crippen molar-refractivity contribution < 1.29 is 4.74 Å². The molecule has 19 heavy (non-hydrogen) atoms. The molecule has 1 saturated carbocycles. The monoisotopic (exact) mass is 268 g/mol. The molecule has 3 heteroatoms. The second-order valence-electron chi connectivity index (χ2n) is 6.89. The molecule has 1 aliphatic carbocycles. The number of nitrogens with one attached hydrogen (secondary N) is 1. The number of ether oxygens (including phenoxy) is 1. The van der Waals surface area contributed by atoms with E-state index in [4.69, 9.17) is 4.74 Å². The van der Waals surface area contributed by atoms with Crippen LogP contribution < -0.4 is 5.32 Å². The first-order valence-electron chi connectivity index (χ1n) is 8.15. The lowest BCUT2D eigenvalue weighted by molar-refractivity contribution is -0.0240. The topological polar surface area (TPSA) is 24.5 Å². The van der Waals surface area contributed by atoms with E-state index in [1.54, 1.807) is 0 Å². The minimum atomic E-state index is 0.344. The molecule has 0 spiro atoms. The van der Waals surface area contributed by atoms with Crippen molar-refractivity contribution in [1.82, 2.24) is 10.2 Å². The van der Waals surface area contributed by atoms with Gasteiger partial charge in [-0.25, -0.2) is 0 Å². The highest BCUT2D eigenvalue weighted by atomic mass is 16.5. The van der Waals surface area contributed by atoms with E-state index in [1.807, 2.05) is 0 Å². The zero-order chi connectivity index (χ0) is 13.6. The maximum absolute atomic E-state index is 5.76. The van der Waals surface area contributed by atoms with Crippen LogP contribution in [0.1, 0.15) is 44.9 Å². The van der Waals surface area contributed by atoms with Crippen LogP contribution in [0.25, 0.3) is 0 Å². The van der Waals surface area contributed by atoms with Gasteiger partial charge < -0.3 is 15.0 Å². The quantitative estimate of drug-likeness (QED) is 0.801. The largest absolute Gasteiger partial charge is 0.381 e. The van der Waals surface area contributed by atoms with Crippen molar-refractivity contribution in [3.05, 3.63) is 0 Å². The Morgan fingerprint density at radius 2 is 2.00 bits per heavy atom. The smallest absolute Gasteiger partial charge is 0.0546 e. The minimum absolute atomic E-state index is 0.344. The predicted molar refractivity (Wildman–Crippen MR) is 80.5 cm³/mol. The predicted octanol–water partition coefficient (Wildman–Crippen LogP) is 2.51. The van der Waals surface area contributed by atoms with Crippen LogP contribution in [0.2, 0.25) is 0 Å². The summed E-state index contributed by atoms with van der Waals surface area (Å²) in [5.74, 6) is 0.940. The molecule has 1 heterocycles. The summed E-state index contributed by atoms with van der Waals surface area (Å²) in [6, 6.07) is 0. The van der Waals surface area contributed by atoms with Crippen LogP contribution in [0.4, 0.5) is 0 Å². The Hall–Kier alpha value is -0.120. The molecule has 1 unspecified atom stereocenters. The van der Waals surface area contributed by atoms with Gasteiger partial charge in [0.1, 0.15) is 0 Å². The lowest BCUT2D eigenvalue weighted by atomic mass is 9.81. The molecule has 2 fully saturated rings. The van der Waals surface area contributed by atoms with Gasteiger partial charge in [-0.15, -0.1) is 0 Å². The summed E-state index contributed by atoms with van der Waals surface area (Å²) in [7, 11) is 4.37. The zero-order valence-electron chi connectivity index (χ0n) is 12.9. The molecule has 112 valence electrons. The fourth-order valence-corrected chi connectivity index (χ4v) is 4.05. The zero-order valence-corrected chi connectivity index (χ0v) is 12.9. The van der Waals surface area contributed by atoms with Crippen LogP contribution >= 0.6 is 0 Å². The van der Waals surface area contributed by atoms with E-state index in [9.17, 15) is 0 Å². The van der Waals surface area contributed by atoms with Gasteiger partial charge >= 0.3 is 0 Å². The SMILES string of the molecule is CNCC1(CN(C)CC2CCCCC2)CCCOC1. The average Bonchev–Trinajstić information content (AvgIpc) is 2.40. The van der Waals surface area contributed by atoms with Gasteiger partial charge in [0.25, 0.3) is 0 Å². The molecule has 0 bridgehead atoms. The Morgan fingerprint density at radius 1 is 1.21 bits per heavy atom. The molecular formula is C16H32N2O. The van der Waals surface area contributed by atoms with Gasteiger partial charge in [-0.1, -0.05) is 19.3 Å². The highest BCUT2D eigenvalue weighted by Crippen LogP contribution is 2.30. The Morgan fingerprint density at radius 3 is 2.63 bits per heavy atom. The number of hydrogen-bond donors (Lipinski definition) is 1. The van der Waals surface area contributed by atoms with Crippen molar-refractivity contribution in [2.24, 2.45) is 11.3 Å². The van der Waals surface area contributed by atoms with Crippen LogP contribution in [0, 0.1) is 11.3 Å². The number of nitrogens with zero attached hydrogens (tertiary/aromatic N) is 1. The number of hydrogen-bond acceptors (Lipinski definition) is 3. The van der Waals surface area contributed by atoms with Crippen molar-refractivity contribution in [3.63, 3.8) is 0 Å². The van der Waals surface area contributed by atoms with Crippen molar-refractivity contribution >= 4 is 0 Å². The third-order valence-corrected chi connectivity index (χ3v) is 4.86. The molecule has 0 aromatic carbocycles. The van der Waals surface area contributed by atoms with Gasteiger partial charge in [0.15, 0.2) is 0 Å². The van der Waals surface area contributed by atoms with Crippen LogP contribution in [-0.2, 0) is 4.74 Å². The van der Waals surface area contributed by atoms with E-state index in [-0.39, 0.29) is 0 Å². The summed E-state index contributed by atoms with van der Waals surface area (Å²) in [5, 5.41) is 3.38. The molecule has 1 N–H and O–H groups in total. The van der Waals surface area contributed by atoms with Gasteiger partial charge in [0, 0.05) is 31.7 Å². The lowest BCUT2D eigenvalue weighted by Gasteiger charge is -2.40. The standard InChI is InChI=1S/C16H32N2O/c1-17-12-16(9-6-10-19-14-16)13-18(2)11-15-7-4-3-5-8-15/h15,17H,3-14H2,1-2H3. The number of rotatable bonds is 6. The summed E-state index contributed by atoms with van der Waals surface area (Å²) in [4.78, 5) is 2.57. The second-order valence-corrected chi connectivity index (χ2v) is 6.89. The highest BCUT2D eigenvalue weighted by Gasteiger charge is 2.33. The Kier molecular flexibility index (Phi) is 6.11. The van der Waals surface area contributed by atoms with E-state index in [1.165, 1.54) is 58.0 Å². The second kappa shape index (κ2) is 7.61. The van der Waals surface area contributed by atoms with Gasteiger partial charge in [-0.3, -0.25) is 0 Å². The lowest BCUT2D eigenvalue weighted by Crippen LogP contribution is -2.48. The summed E-state index contributed by atoms with van der Waals surface area (Å²) in [6.07, 6.45) is 9.77. The van der Waals surface area contributed by atoms with Crippen molar-refractivity contribution in [3.8, 4) is 0 Å². The van der Waals surface area contributed by atoms with E-state index in [0.717, 1.165) is 25.7 Å². The van der Waals surface area contributed by atoms with Crippen LogP contribution in [0.15, 0.2) is 0 Å². The molecule has 0 amide bonds. The molecule has 0 radical (unpaired) electrons. The molecule has 0 aromatic heterocycles. The summed E-state index contributed by atoms with van der Waals surface area (Å²) >= 11 is 0. The van der Waals surface area contributed by atoms with E-state index in [2.05, 4.69) is 24.3 Å². The van der Waals surface area contributed by atoms with E-state index < -0.39 is 0 Å². The summed E-state index contributed by atoms with van der Waals surface area (Å²) in [6.45, 7) is 5.44. The molecule has 2 aliphatic rings. The first kappa shape index (κ1) is 15.3. The van der Waals surface area contributed by atoms with Crippen molar-refractivity contribution in [2.75, 3.05) is 46.9 Å². The normalized spacial score (nSPS) is 29.8. The summed E-state index contributed by atoms with van der Waals surface area (Å²) < 4.78 is 5.76.